The number of rotatable bonds is 1. The van der Waals surface area contributed by atoms with Gasteiger partial charge in [0.25, 0.3) is 0 Å². The van der Waals surface area contributed by atoms with E-state index in [1.807, 2.05) is 13.0 Å². The monoisotopic (exact) mass is 166 g/mol. The number of hydrogen-bond acceptors (Lipinski definition) is 2. The Bertz CT molecular complexity index is 284. The van der Waals surface area contributed by atoms with Crippen LogP contribution in [0.3, 0.4) is 0 Å². The Kier molecular flexibility index (Phi) is 2.11. The maximum atomic E-state index is 9.59. The van der Waals surface area contributed by atoms with Crippen LogP contribution < -0.4 is 0 Å². The van der Waals surface area contributed by atoms with Crippen LogP contribution in [0.2, 0.25) is 0 Å². The van der Waals surface area contributed by atoms with Gasteiger partial charge in [-0.25, -0.2) is 0 Å². The van der Waals surface area contributed by atoms with E-state index in [-0.39, 0.29) is 5.75 Å². The van der Waals surface area contributed by atoms with Gasteiger partial charge in [-0.05, 0) is 38.0 Å². The fourth-order valence-electron chi connectivity index (χ4n) is 0.990. The second-order valence-electron chi connectivity index (χ2n) is 3.56. The van der Waals surface area contributed by atoms with Crippen LogP contribution in [0, 0.1) is 6.92 Å². The summed E-state index contributed by atoms with van der Waals surface area (Å²) in [7, 11) is 0. The van der Waals surface area contributed by atoms with Crippen molar-refractivity contribution in [3.05, 3.63) is 29.3 Å². The smallest absolute Gasteiger partial charge is 0.118 e. The molecule has 0 bridgehead atoms. The van der Waals surface area contributed by atoms with Gasteiger partial charge in [-0.1, -0.05) is 12.1 Å². The van der Waals surface area contributed by atoms with E-state index in [0.29, 0.717) is 0 Å². The van der Waals surface area contributed by atoms with Gasteiger partial charge in [0.05, 0.1) is 5.60 Å². The number of benzene rings is 1. The Labute approximate surface area is 72.5 Å². The summed E-state index contributed by atoms with van der Waals surface area (Å²) >= 11 is 0. The third kappa shape index (κ3) is 1.77. The summed E-state index contributed by atoms with van der Waals surface area (Å²) in [6.07, 6.45) is 0. The van der Waals surface area contributed by atoms with Crippen molar-refractivity contribution in [2.45, 2.75) is 26.4 Å². The zero-order valence-corrected chi connectivity index (χ0v) is 7.63. The minimum atomic E-state index is -0.884. The second kappa shape index (κ2) is 2.79. The van der Waals surface area contributed by atoms with Crippen molar-refractivity contribution in [2.75, 3.05) is 0 Å². The highest BCUT2D eigenvalue weighted by Crippen LogP contribution is 2.25. The van der Waals surface area contributed by atoms with Crippen LogP contribution in [0.4, 0.5) is 0 Å². The highest BCUT2D eigenvalue weighted by molar-refractivity contribution is 5.37. The third-order valence-corrected chi connectivity index (χ3v) is 1.92. The van der Waals surface area contributed by atoms with E-state index in [9.17, 15) is 10.2 Å². The predicted octanol–water partition coefficient (Wildman–Crippen LogP) is 1.93. The molecular formula is C10H14O2. The Morgan fingerprint density at radius 2 is 1.83 bits per heavy atom. The molecule has 0 radical (unpaired) electrons. The van der Waals surface area contributed by atoms with E-state index in [2.05, 4.69) is 0 Å². The van der Waals surface area contributed by atoms with Crippen LogP contribution in [0.25, 0.3) is 0 Å². The van der Waals surface area contributed by atoms with Crippen molar-refractivity contribution in [2.24, 2.45) is 0 Å². The normalized spacial score (nSPS) is 11.7. The Balaban J connectivity index is 3.14. The molecule has 0 fully saturated rings. The number of aromatic hydroxyl groups is 1. The minimum absolute atomic E-state index is 0.231. The highest BCUT2D eigenvalue weighted by atomic mass is 16.3. The number of aryl methyl sites for hydroxylation is 1. The summed E-state index contributed by atoms with van der Waals surface area (Å²) in [5.41, 5.74) is 0.666. The molecular weight excluding hydrogens is 152 g/mol. The molecule has 1 aromatic rings. The Hall–Kier alpha value is -1.02. The van der Waals surface area contributed by atoms with Gasteiger partial charge in [-0.2, -0.15) is 0 Å². The molecule has 2 heteroatoms. The lowest BCUT2D eigenvalue weighted by molar-refractivity contribution is 0.0783. The first kappa shape index (κ1) is 9.07. The molecule has 0 unspecified atom stereocenters. The molecule has 2 N–H and O–H groups in total. The third-order valence-electron chi connectivity index (χ3n) is 1.92. The van der Waals surface area contributed by atoms with Crippen LogP contribution in [-0.2, 0) is 5.60 Å². The second-order valence-corrected chi connectivity index (χ2v) is 3.56. The van der Waals surface area contributed by atoms with E-state index in [1.165, 1.54) is 0 Å². The van der Waals surface area contributed by atoms with Crippen molar-refractivity contribution in [1.82, 2.24) is 0 Å². The zero-order chi connectivity index (χ0) is 9.35. The Morgan fingerprint density at radius 1 is 1.25 bits per heavy atom. The predicted molar refractivity (Wildman–Crippen MR) is 48.1 cm³/mol. The van der Waals surface area contributed by atoms with Gasteiger partial charge in [-0.3, -0.25) is 0 Å². The van der Waals surface area contributed by atoms with Gasteiger partial charge in [0.1, 0.15) is 5.75 Å². The van der Waals surface area contributed by atoms with E-state index < -0.39 is 5.60 Å². The van der Waals surface area contributed by atoms with Gasteiger partial charge in [0.2, 0.25) is 0 Å². The fourth-order valence-corrected chi connectivity index (χ4v) is 0.990. The van der Waals surface area contributed by atoms with E-state index in [0.717, 1.165) is 11.1 Å². The number of hydrogen-bond donors (Lipinski definition) is 2. The minimum Gasteiger partial charge on any atom is -0.508 e. The summed E-state index contributed by atoms with van der Waals surface area (Å²) in [5.74, 6) is 0.231. The average molecular weight is 166 g/mol. The van der Waals surface area contributed by atoms with Crippen molar-refractivity contribution < 1.29 is 10.2 Å². The van der Waals surface area contributed by atoms with Crippen LogP contribution in [0.5, 0.6) is 5.75 Å². The van der Waals surface area contributed by atoms with Gasteiger partial charge >= 0.3 is 0 Å². The standard InChI is InChI=1S/C10H14O2/c1-7-4-5-8(6-9(7)11)10(2,3)12/h4-6,11-12H,1-3H3. The molecule has 0 saturated carbocycles. The summed E-state index contributed by atoms with van der Waals surface area (Å²) in [6, 6.07) is 5.20. The molecule has 0 aliphatic carbocycles. The summed E-state index contributed by atoms with van der Waals surface area (Å²) < 4.78 is 0. The zero-order valence-electron chi connectivity index (χ0n) is 7.63. The van der Waals surface area contributed by atoms with Crippen molar-refractivity contribution in [3.8, 4) is 5.75 Å². The summed E-state index contributed by atoms with van der Waals surface area (Å²) in [6.45, 7) is 5.21. The molecule has 0 spiro atoms. The van der Waals surface area contributed by atoms with E-state index in [1.54, 1.807) is 26.0 Å². The molecule has 0 aromatic heterocycles. The maximum Gasteiger partial charge on any atom is 0.118 e. The molecule has 2 nitrogen and oxygen atoms in total. The molecule has 0 amide bonds. The molecule has 0 heterocycles. The van der Waals surface area contributed by atoms with Gasteiger partial charge < -0.3 is 10.2 Å². The van der Waals surface area contributed by atoms with Crippen molar-refractivity contribution >= 4 is 0 Å². The van der Waals surface area contributed by atoms with Crippen LogP contribution in [0.1, 0.15) is 25.0 Å². The summed E-state index contributed by atoms with van der Waals surface area (Å²) in [5, 5.41) is 18.9. The van der Waals surface area contributed by atoms with Crippen molar-refractivity contribution in [1.29, 1.82) is 0 Å². The molecule has 0 aliphatic rings. The highest BCUT2D eigenvalue weighted by Gasteiger charge is 2.16. The average Bonchev–Trinajstić information content (AvgIpc) is 1.92. The van der Waals surface area contributed by atoms with Crippen molar-refractivity contribution in [3.63, 3.8) is 0 Å². The first-order valence-electron chi connectivity index (χ1n) is 3.94. The lowest BCUT2D eigenvalue weighted by Crippen LogP contribution is -2.15. The number of phenols is 1. The molecule has 0 aliphatic heterocycles. The lowest BCUT2D eigenvalue weighted by atomic mass is 9.97. The molecule has 0 atom stereocenters. The number of aliphatic hydroxyl groups is 1. The summed E-state index contributed by atoms with van der Waals surface area (Å²) in [4.78, 5) is 0. The maximum absolute atomic E-state index is 9.59. The molecule has 12 heavy (non-hydrogen) atoms. The van der Waals surface area contributed by atoms with Crippen LogP contribution in [-0.4, -0.2) is 10.2 Å². The SMILES string of the molecule is Cc1ccc(C(C)(C)O)cc1O. The van der Waals surface area contributed by atoms with Gasteiger partial charge in [-0.15, -0.1) is 0 Å². The Morgan fingerprint density at radius 3 is 2.25 bits per heavy atom. The largest absolute Gasteiger partial charge is 0.508 e. The number of phenolic OH excluding ortho intramolecular Hbond substituents is 1. The van der Waals surface area contributed by atoms with Crippen LogP contribution in [0.15, 0.2) is 18.2 Å². The first-order valence-corrected chi connectivity index (χ1v) is 3.94. The fraction of sp³-hybridized carbons (Fsp3) is 0.400. The molecule has 0 saturated heterocycles. The van der Waals surface area contributed by atoms with Crippen LogP contribution >= 0.6 is 0 Å². The van der Waals surface area contributed by atoms with Gasteiger partial charge in [0, 0.05) is 0 Å². The molecule has 1 aromatic carbocycles. The van der Waals surface area contributed by atoms with Gasteiger partial charge in [0.15, 0.2) is 0 Å². The molecule has 66 valence electrons. The lowest BCUT2D eigenvalue weighted by Gasteiger charge is -2.18. The van der Waals surface area contributed by atoms with E-state index in [4.69, 9.17) is 0 Å². The quantitative estimate of drug-likeness (QED) is 0.669. The first-order chi connectivity index (χ1) is 5.41. The van der Waals surface area contributed by atoms with E-state index >= 15 is 0 Å². The topological polar surface area (TPSA) is 40.5 Å². The molecule has 1 rings (SSSR count).